The largest absolute Gasteiger partial charge is 2.00 e. The molecule has 0 aromatic heterocycles. The van der Waals surface area contributed by atoms with E-state index in [2.05, 4.69) is 0 Å². The standard InChI is InChI=1S/4Li.Mn.2O.2H/q4*+1;+2;2*-2;2*-1. The molecule has 0 N–H and O–H groups in total. The predicted molar refractivity (Wildman–Crippen MR) is 3.60 cm³/mol. The van der Waals surface area contributed by atoms with Crippen molar-refractivity contribution in [1.82, 2.24) is 0 Å². The summed E-state index contributed by atoms with van der Waals surface area (Å²) in [4.78, 5) is 0. The van der Waals surface area contributed by atoms with E-state index in [1.165, 1.54) is 0 Å². The van der Waals surface area contributed by atoms with Gasteiger partial charge in [0.2, 0.25) is 0 Å². The minimum absolute atomic E-state index is 0. The van der Waals surface area contributed by atoms with E-state index < -0.39 is 0 Å². The first-order valence-electron chi connectivity index (χ1n) is 0. The summed E-state index contributed by atoms with van der Waals surface area (Å²) < 4.78 is 0. The van der Waals surface area contributed by atoms with Crippen LogP contribution in [-0.2, 0) is 28.0 Å². The topological polar surface area (TPSA) is 57.0 Å². The van der Waals surface area contributed by atoms with Crippen molar-refractivity contribution in [2.24, 2.45) is 0 Å². The van der Waals surface area contributed by atoms with Crippen molar-refractivity contribution in [3.63, 3.8) is 0 Å². The molecule has 0 saturated carbocycles. The summed E-state index contributed by atoms with van der Waals surface area (Å²) in [6.07, 6.45) is 0. The van der Waals surface area contributed by atoms with Gasteiger partial charge < -0.3 is 13.8 Å². The van der Waals surface area contributed by atoms with Crippen LogP contribution in [0.2, 0.25) is 0 Å². The predicted octanol–water partition coefficient (Wildman–Crippen LogP) is -12.0. The molecule has 0 rings (SSSR count). The first kappa shape index (κ1) is 95.7. The molecule has 0 heterocycles. The molecular formula is H2Li4MnO2. The summed E-state index contributed by atoms with van der Waals surface area (Å²) >= 11 is 0. The summed E-state index contributed by atoms with van der Waals surface area (Å²) in [5.41, 5.74) is 0. The Morgan fingerprint density at radius 1 is 0.571 bits per heavy atom. The first-order chi connectivity index (χ1) is 0. The summed E-state index contributed by atoms with van der Waals surface area (Å²) in [6.45, 7) is 0. The molecule has 0 amide bonds. The van der Waals surface area contributed by atoms with E-state index in [1.807, 2.05) is 0 Å². The molecule has 7 heavy (non-hydrogen) atoms. The zero-order valence-electron chi connectivity index (χ0n) is 7.19. The van der Waals surface area contributed by atoms with E-state index in [1.54, 1.807) is 0 Å². The second kappa shape index (κ2) is 67.6. The fourth-order valence-electron chi connectivity index (χ4n) is 0. The van der Waals surface area contributed by atoms with Crippen LogP contribution in [0.4, 0.5) is 0 Å². The van der Waals surface area contributed by atoms with E-state index in [0.717, 1.165) is 0 Å². The molecule has 25 valence electrons. The molecule has 0 aliphatic rings. The van der Waals surface area contributed by atoms with Crippen LogP contribution in [0.1, 0.15) is 2.85 Å². The Hall–Kier alpha value is 2.83. The molecule has 0 spiro atoms. The second-order valence-electron chi connectivity index (χ2n) is 0. The zero-order valence-corrected chi connectivity index (χ0v) is 6.37. The minimum atomic E-state index is 0. The number of hydrogen-bond donors (Lipinski definition) is 0. The number of rotatable bonds is 0. The molecule has 0 saturated heterocycles. The van der Waals surface area contributed by atoms with Crippen molar-refractivity contribution in [3.8, 4) is 0 Å². The van der Waals surface area contributed by atoms with E-state index in [0.29, 0.717) is 0 Å². The Bertz CT molecular complexity index is 16.5. The maximum Gasteiger partial charge on any atom is 2.00 e. The average Bonchev–Trinajstić information content (AvgIpc) is 0. The van der Waals surface area contributed by atoms with Crippen molar-refractivity contribution in [2.45, 2.75) is 0 Å². The molecule has 0 aromatic carbocycles. The van der Waals surface area contributed by atoms with Crippen LogP contribution in [0.25, 0.3) is 0 Å². The van der Waals surface area contributed by atoms with E-state index in [9.17, 15) is 0 Å². The van der Waals surface area contributed by atoms with Crippen molar-refractivity contribution < 1.29 is 106 Å². The van der Waals surface area contributed by atoms with Crippen LogP contribution in [0, 0.1) is 0 Å². The fraction of sp³-hybridized carbons (Fsp3) is 0. The molecular weight excluding hydrogens is 115 g/mol. The van der Waals surface area contributed by atoms with Crippen LogP contribution >= 0.6 is 0 Å². The van der Waals surface area contributed by atoms with Crippen LogP contribution in [0.3, 0.4) is 0 Å². The van der Waals surface area contributed by atoms with Gasteiger partial charge in [-0.15, -0.1) is 0 Å². The van der Waals surface area contributed by atoms with Gasteiger partial charge in [0.15, 0.2) is 0 Å². The summed E-state index contributed by atoms with van der Waals surface area (Å²) in [5.74, 6) is 0. The Morgan fingerprint density at radius 3 is 0.571 bits per heavy atom. The van der Waals surface area contributed by atoms with Crippen molar-refractivity contribution >= 4 is 0 Å². The van der Waals surface area contributed by atoms with Crippen molar-refractivity contribution in [2.75, 3.05) is 0 Å². The third-order valence-corrected chi connectivity index (χ3v) is 0. The maximum atomic E-state index is 0. The molecule has 1 radical (unpaired) electrons. The van der Waals surface area contributed by atoms with E-state index >= 15 is 0 Å². The van der Waals surface area contributed by atoms with Crippen LogP contribution in [0.15, 0.2) is 0 Å². The molecule has 2 nitrogen and oxygen atoms in total. The van der Waals surface area contributed by atoms with Gasteiger partial charge in [0.25, 0.3) is 0 Å². The number of hydrogen-bond acceptors (Lipinski definition) is 0. The van der Waals surface area contributed by atoms with Crippen LogP contribution in [0.5, 0.6) is 0 Å². The first-order valence-corrected chi connectivity index (χ1v) is 0. The van der Waals surface area contributed by atoms with E-state index in [-0.39, 0.29) is 106 Å². The molecule has 0 aliphatic heterocycles. The van der Waals surface area contributed by atoms with Gasteiger partial charge in [-0.25, -0.2) is 0 Å². The van der Waals surface area contributed by atoms with Gasteiger partial charge in [0, 0.05) is 0 Å². The third kappa shape index (κ3) is 51.4. The zero-order chi connectivity index (χ0) is 0. The quantitative estimate of drug-likeness (QED) is 0.283. The molecule has 0 atom stereocenters. The SMILES string of the molecule is [H-].[H-].[Li+].[Li+].[Li+].[Li+].[Mn+2].[O-2].[O-2]. The summed E-state index contributed by atoms with van der Waals surface area (Å²) in [7, 11) is 0. The molecule has 0 aromatic rings. The molecule has 0 bridgehead atoms. The van der Waals surface area contributed by atoms with Gasteiger partial charge in [-0.3, -0.25) is 0 Å². The Balaban J connectivity index is 0. The van der Waals surface area contributed by atoms with Crippen molar-refractivity contribution in [1.29, 1.82) is 0 Å². The fourth-order valence-corrected chi connectivity index (χ4v) is 0. The normalized spacial score (nSPS) is 0. The smallest absolute Gasteiger partial charge is 2.00 e. The van der Waals surface area contributed by atoms with Crippen molar-refractivity contribution in [3.05, 3.63) is 0 Å². The monoisotopic (exact) mass is 117 g/mol. The van der Waals surface area contributed by atoms with Gasteiger partial charge in [0.05, 0.1) is 0 Å². The second-order valence-corrected chi connectivity index (χ2v) is 0. The minimum Gasteiger partial charge on any atom is -2.00 e. The maximum absolute atomic E-state index is 0. The summed E-state index contributed by atoms with van der Waals surface area (Å²) in [6, 6.07) is 0. The average molecular weight is 117 g/mol. The molecule has 7 heteroatoms. The third-order valence-electron chi connectivity index (χ3n) is 0. The molecule has 0 unspecified atom stereocenters. The Labute approximate surface area is 105 Å². The van der Waals surface area contributed by atoms with Crippen LogP contribution in [-0.4, -0.2) is 0 Å². The molecule has 0 fully saturated rings. The van der Waals surface area contributed by atoms with Gasteiger partial charge in [-0.1, -0.05) is 0 Å². The Morgan fingerprint density at radius 2 is 0.571 bits per heavy atom. The van der Waals surface area contributed by atoms with Gasteiger partial charge in [0.1, 0.15) is 0 Å². The van der Waals surface area contributed by atoms with Gasteiger partial charge in [-0.2, -0.15) is 0 Å². The van der Waals surface area contributed by atoms with Gasteiger partial charge in [-0.05, 0) is 0 Å². The van der Waals surface area contributed by atoms with Gasteiger partial charge >= 0.3 is 92.5 Å². The Kier molecular flexibility index (Phi) is 925. The summed E-state index contributed by atoms with van der Waals surface area (Å²) in [5, 5.41) is 0. The molecule has 0 aliphatic carbocycles. The van der Waals surface area contributed by atoms with Crippen LogP contribution < -0.4 is 75.4 Å². The van der Waals surface area contributed by atoms with E-state index in [4.69, 9.17) is 0 Å².